The minimum Gasteiger partial charge on any atom is -0.354 e. The number of nitrogens with zero attached hydrogens (tertiary/aromatic N) is 6. The lowest BCUT2D eigenvalue weighted by molar-refractivity contribution is 0.776. The molecule has 0 atom stereocenters. The van der Waals surface area contributed by atoms with Crippen LogP contribution in [0.4, 0.5) is 11.9 Å². The van der Waals surface area contributed by atoms with E-state index < -0.39 is 0 Å². The van der Waals surface area contributed by atoms with Crippen molar-refractivity contribution in [3.05, 3.63) is 18.5 Å². The van der Waals surface area contributed by atoms with E-state index in [1.807, 2.05) is 12.3 Å². The third kappa shape index (κ3) is 2.71. The summed E-state index contributed by atoms with van der Waals surface area (Å²) in [4.78, 5) is 15.7. The molecule has 0 aliphatic carbocycles. The third-order valence-corrected chi connectivity index (χ3v) is 3.24. The number of rotatable bonds is 5. The van der Waals surface area contributed by atoms with Crippen LogP contribution in [-0.2, 0) is 0 Å². The largest absolute Gasteiger partial charge is 0.354 e. The van der Waals surface area contributed by atoms with E-state index in [1.165, 1.54) is 12.8 Å². The molecule has 1 fully saturated rings. The summed E-state index contributed by atoms with van der Waals surface area (Å²) in [6, 6.07) is 1.86. The zero-order valence-corrected chi connectivity index (χ0v) is 11.7. The second-order valence-electron chi connectivity index (χ2n) is 4.83. The number of hydrogen-bond acceptors (Lipinski definition) is 6. The van der Waals surface area contributed by atoms with Crippen molar-refractivity contribution in [2.75, 3.05) is 29.9 Å². The second kappa shape index (κ2) is 5.85. The minimum absolute atomic E-state index is 0.561. The van der Waals surface area contributed by atoms with Crippen LogP contribution in [0.25, 0.3) is 5.95 Å². The predicted octanol–water partition coefficient (Wildman–Crippen LogP) is 1.48. The summed E-state index contributed by atoms with van der Waals surface area (Å²) < 4.78 is 1.67. The fraction of sp³-hybridized carbons (Fsp3) is 0.538. The van der Waals surface area contributed by atoms with Crippen molar-refractivity contribution in [1.82, 2.24) is 24.7 Å². The molecule has 0 bridgehead atoms. The van der Waals surface area contributed by atoms with Crippen molar-refractivity contribution >= 4 is 11.9 Å². The maximum absolute atomic E-state index is 4.53. The average Bonchev–Trinajstić information content (AvgIpc) is 3.17. The highest BCUT2D eigenvalue weighted by Crippen LogP contribution is 2.18. The van der Waals surface area contributed by atoms with Gasteiger partial charge in [0.25, 0.3) is 5.95 Å². The van der Waals surface area contributed by atoms with Crippen LogP contribution in [0.15, 0.2) is 18.5 Å². The molecular weight excluding hydrogens is 254 g/mol. The molecule has 3 heterocycles. The van der Waals surface area contributed by atoms with Crippen LogP contribution in [0.1, 0.15) is 26.2 Å². The SMILES string of the molecule is CCCNc1nc(N2CCCC2)nc(-n2cccn2)n1. The zero-order chi connectivity index (χ0) is 13.8. The van der Waals surface area contributed by atoms with E-state index in [1.54, 1.807) is 10.9 Å². The molecule has 2 aromatic rings. The number of nitrogens with one attached hydrogen (secondary N) is 1. The number of aromatic nitrogens is 5. The first-order valence-electron chi connectivity index (χ1n) is 7.12. The Morgan fingerprint density at radius 3 is 2.65 bits per heavy atom. The normalized spacial score (nSPS) is 14.8. The van der Waals surface area contributed by atoms with Crippen LogP contribution in [0.5, 0.6) is 0 Å². The molecule has 7 nitrogen and oxygen atoms in total. The number of hydrogen-bond donors (Lipinski definition) is 1. The van der Waals surface area contributed by atoms with Crippen LogP contribution in [0.3, 0.4) is 0 Å². The first kappa shape index (κ1) is 12.8. The molecule has 1 aliphatic heterocycles. The Kier molecular flexibility index (Phi) is 3.76. The summed E-state index contributed by atoms with van der Waals surface area (Å²) >= 11 is 0. The van der Waals surface area contributed by atoms with Crippen molar-refractivity contribution < 1.29 is 0 Å². The van der Waals surface area contributed by atoms with Crippen LogP contribution in [-0.4, -0.2) is 44.4 Å². The maximum Gasteiger partial charge on any atom is 0.257 e. The molecule has 3 rings (SSSR count). The van der Waals surface area contributed by atoms with Gasteiger partial charge in [0.1, 0.15) is 0 Å². The zero-order valence-electron chi connectivity index (χ0n) is 11.7. The Hall–Kier alpha value is -2.18. The molecule has 1 N–H and O–H groups in total. The summed E-state index contributed by atoms with van der Waals surface area (Å²) in [6.07, 6.45) is 6.98. The minimum atomic E-state index is 0.561. The first-order valence-corrected chi connectivity index (χ1v) is 7.12. The molecule has 0 spiro atoms. The van der Waals surface area contributed by atoms with Gasteiger partial charge in [0, 0.05) is 32.0 Å². The fourth-order valence-corrected chi connectivity index (χ4v) is 2.22. The molecule has 2 aromatic heterocycles. The molecule has 7 heteroatoms. The lowest BCUT2D eigenvalue weighted by atomic mass is 10.4. The van der Waals surface area contributed by atoms with Gasteiger partial charge >= 0.3 is 0 Å². The van der Waals surface area contributed by atoms with Gasteiger partial charge in [-0.05, 0) is 25.3 Å². The van der Waals surface area contributed by atoms with Crippen LogP contribution < -0.4 is 10.2 Å². The van der Waals surface area contributed by atoms with Gasteiger partial charge in [-0.25, -0.2) is 4.68 Å². The predicted molar refractivity (Wildman–Crippen MR) is 77.2 cm³/mol. The highest BCUT2D eigenvalue weighted by Gasteiger charge is 2.17. The van der Waals surface area contributed by atoms with Gasteiger partial charge in [0.05, 0.1) is 0 Å². The van der Waals surface area contributed by atoms with Gasteiger partial charge in [-0.2, -0.15) is 20.1 Å². The third-order valence-electron chi connectivity index (χ3n) is 3.24. The van der Waals surface area contributed by atoms with Gasteiger partial charge in [-0.15, -0.1) is 0 Å². The van der Waals surface area contributed by atoms with Crippen molar-refractivity contribution in [2.24, 2.45) is 0 Å². The number of anilines is 2. The van der Waals surface area contributed by atoms with Gasteiger partial charge in [0.2, 0.25) is 11.9 Å². The Morgan fingerprint density at radius 2 is 1.95 bits per heavy atom. The van der Waals surface area contributed by atoms with E-state index in [0.717, 1.165) is 32.0 Å². The van der Waals surface area contributed by atoms with Crippen LogP contribution >= 0.6 is 0 Å². The van der Waals surface area contributed by atoms with Gasteiger partial charge in [0.15, 0.2) is 0 Å². The average molecular weight is 273 g/mol. The first-order chi connectivity index (χ1) is 9.86. The molecule has 0 saturated carbocycles. The van der Waals surface area contributed by atoms with E-state index in [-0.39, 0.29) is 0 Å². The Bertz CT molecular complexity index is 546. The van der Waals surface area contributed by atoms with E-state index in [2.05, 4.69) is 37.2 Å². The highest BCUT2D eigenvalue weighted by molar-refractivity contribution is 5.40. The Balaban J connectivity index is 1.94. The van der Waals surface area contributed by atoms with E-state index in [9.17, 15) is 0 Å². The van der Waals surface area contributed by atoms with E-state index in [0.29, 0.717) is 11.9 Å². The summed E-state index contributed by atoms with van der Waals surface area (Å²) in [5.74, 6) is 1.92. The summed E-state index contributed by atoms with van der Waals surface area (Å²) in [5, 5.41) is 7.42. The van der Waals surface area contributed by atoms with Gasteiger partial charge in [-0.1, -0.05) is 6.92 Å². The summed E-state index contributed by atoms with van der Waals surface area (Å²) in [7, 11) is 0. The van der Waals surface area contributed by atoms with Crippen LogP contribution in [0, 0.1) is 0 Å². The lowest BCUT2D eigenvalue weighted by Gasteiger charge is -2.16. The lowest BCUT2D eigenvalue weighted by Crippen LogP contribution is -2.23. The van der Waals surface area contributed by atoms with Crippen molar-refractivity contribution in [1.29, 1.82) is 0 Å². The van der Waals surface area contributed by atoms with Crippen molar-refractivity contribution in [3.8, 4) is 5.95 Å². The van der Waals surface area contributed by atoms with Gasteiger partial charge in [-0.3, -0.25) is 0 Å². The van der Waals surface area contributed by atoms with Crippen LogP contribution in [0.2, 0.25) is 0 Å². The maximum atomic E-state index is 4.53. The summed E-state index contributed by atoms with van der Waals surface area (Å²) in [5.41, 5.74) is 0. The molecular formula is C13H19N7. The highest BCUT2D eigenvalue weighted by atomic mass is 15.4. The molecule has 106 valence electrons. The van der Waals surface area contributed by atoms with Gasteiger partial charge < -0.3 is 10.2 Å². The molecule has 0 unspecified atom stereocenters. The van der Waals surface area contributed by atoms with Crippen molar-refractivity contribution in [2.45, 2.75) is 26.2 Å². The standard InChI is InChI=1S/C13H19N7/c1-2-6-14-11-16-12(19-8-3-4-9-19)18-13(17-11)20-10-5-7-15-20/h5,7,10H,2-4,6,8-9H2,1H3,(H,14,16,17,18). The smallest absolute Gasteiger partial charge is 0.257 e. The Labute approximate surface area is 118 Å². The van der Waals surface area contributed by atoms with Crippen molar-refractivity contribution in [3.63, 3.8) is 0 Å². The quantitative estimate of drug-likeness (QED) is 0.889. The summed E-state index contributed by atoms with van der Waals surface area (Å²) in [6.45, 7) is 4.98. The second-order valence-corrected chi connectivity index (χ2v) is 4.83. The topological polar surface area (TPSA) is 71.8 Å². The monoisotopic (exact) mass is 273 g/mol. The molecule has 0 radical (unpaired) electrons. The molecule has 1 saturated heterocycles. The van der Waals surface area contributed by atoms with E-state index >= 15 is 0 Å². The molecule has 0 aromatic carbocycles. The fourth-order valence-electron chi connectivity index (χ4n) is 2.22. The molecule has 20 heavy (non-hydrogen) atoms. The Morgan fingerprint density at radius 1 is 1.15 bits per heavy atom. The molecule has 0 amide bonds. The molecule has 1 aliphatic rings. The van der Waals surface area contributed by atoms with E-state index in [4.69, 9.17) is 0 Å².